The summed E-state index contributed by atoms with van der Waals surface area (Å²) in [6.07, 6.45) is 5.94. The van der Waals surface area contributed by atoms with Gasteiger partial charge < -0.3 is 14.4 Å². The number of nitrogens with zero attached hydrogens (tertiary/aromatic N) is 1. The van der Waals surface area contributed by atoms with Crippen molar-refractivity contribution >= 4 is 11.3 Å². The highest BCUT2D eigenvalue weighted by molar-refractivity contribution is 5.94. The van der Waals surface area contributed by atoms with E-state index < -0.39 is 0 Å². The molecule has 6 atom stereocenters. The first-order valence-electron chi connectivity index (χ1n) is 18.3. The quantitative estimate of drug-likeness (QED) is 0.201. The van der Waals surface area contributed by atoms with Crippen LogP contribution in [0.2, 0.25) is 0 Å². The van der Waals surface area contributed by atoms with E-state index in [1.807, 2.05) is 0 Å². The van der Waals surface area contributed by atoms with Gasteiger partial charge in [0.1, 0.15) is 6.10 Å². The summed E-state index contributed by atoms with van der Waals surface area (Å²) in [7, 11) is 2.28. The smallest absolute Gasteiger partial charge is 0.107 e. The first-order valence-corrected chi connectivity index (χ1v) is 18.3. The normalized spacial score (nSPS) is 24.2. The Labute approximate surface area is 289 Å². The standard InChI is InChI=1S/C45H53NO2/c1-9-29(4)42-26-43(30(5)10-2)48-44(27-47-42)33-21-20-28(3)22-36(33)40-24-34(31-16-12-11-13-17-31)37-23-35-32-18-14-15-19-38(32)45(6,7)39(35)25-41(37)46(40)8/h11-25,29-30,40,42-44H,9-10,26-27H2,1-8H3/t29?,30?,40?,42?,43?,44-/m0/s1. The lowest BCUT2D eigenvalue weighted by Gasteiger charge is -2.38. The van der Waals surface area contributed by atoms with E-state index in [0.717, 1.165) is 19.3 Å². The molecule has 3 nitrogen and oxygen atoms in total. The summed E-state index contributed by atoms with van der Waals surface area (Å²) in [5.74, 6) is 0.976. The van der Waals surface area contributed by atoms with E-state index in [1.54, 1.807) is 0 Å². The average molecular weight is 640 g/mol. The van der Waals surface area contributed by atoms with Gasteiger partial charge in [-0.3, -0.25) is 0 Å². The second-order valence-electron chi connectivity index (χ2n) is 15.3. The molecule has 4 aromatic carbocycles. The summed E-state index contributed by atoms with van der Waals surface area (Å²) < 4.78 is 13.9. The second-order valence-corrected chi connectivity index (χ2v) is 15.3. The molecular formula is C45H53NO2. The molecule has 3 aliphatic rings. The van der Waals surface area contributed by atoms with Crippen LogP contribution in [0.5, 0.6) is 0 Å². The third-order valence-electron chi connectivity index (χ3n) is 11.9. The molecule has 0 bridgehead atoms. The predicted molar refractivity (Wildman–Crippen MR) is 201 cm³/mol. The number of ether oxygens (including phenoxy) is 2. The number of hydrogen-bond acceptors (Lipinski definition) is 3. The molecule has 3 heteroatoms. The zero-order valence-corrected chi connectivity index (χ0v) is 30.2. The van der Waals surface area contributed by atoms with Crippen molar-refractivity contribution in [2.24, 2.45) is 11.8 Å². The van der Waals surface area contributed by atoms with Crippen molar-refractivity contribution in [2.45, 2.75) is 97.5 Å². The molecule has 0 saturated carbocycles. The van der Waals surface area contributed by atoms with Crippen LogP contribution < -0.4 is 4.90 Å². The molecule has 0 aromatic heterocycles. The summed E-state index contributed by atoms with van der Waals surface area (Å²) >= 11 is 0. The molecule has 0 amide bonds. The van der Waals surface area contributed by atoms with Gasteiger partial charge in [-0.2, -0.15) is 0 Å². The number of hydrogen-bond donors (Lipinski definition) is 0. The van der Waals surface area contributed by atoms with Crippen LogP contribution in [-0.4, -0.2) is 25.9 Å². The van der Waals surface area contributed by atoms with E-state index in [-0.39, 0.29) is 29.8 Å². The lowest BCUT2D eigenvalue weighted by molar-refractivity contribution is -0.0451. The third-order valence-corrected chi connectivity index (χ3v) is 11.9. The minimum Gasteiger partial charge on any atom is -0.375 e. The van der Waals surface area contributed by atoms with Gasteiger partial charge in [0.2, 0.25) is 0 Å². The van der Waals surface area contributed by atoms with E-state index in [4.69, 9.17) is 9.47 Å². The molecule has 0 radical (unpaired) electrons. The first kappa shape index (κ1) is 32.9. The average Bonchev–Trinajstić information content (AvgIpc) is 3.22. The summed E-state index contributed by atoms with van der Waals surface area (Å²) in [5.41, 5.74) is 14.4. The lowest BCUT2D eigenvalue weighted by Crippen LogP contribution is -2.30. The molecule has 1 saturated heterocycles. The zero-order valence-electron chi connectivity index (χ0n) is 30.2. The van der Waals surface area contributed by atoms with Gasteiger partial charge in [-0.1, -0.05) is 133 Å². The highest BCUT2D eigenvalue weighted by atomic mass is 16.6. The van der Waals surface area contributed by atoms with Crippen LogP contribution in [0.25, 0.3) is 16.7 Å². The Bertz CT molecular complexity index is 1820. The van der Waals surface area contributed by atoms with Crippen LogP contribution in [0.3, 0.4) is 0 Å². The Morgan fingerprint density at radius 1 is 0.771 bits per heavy atom. The topological polar surface area (TPSA) is 21.7 Å². The van der Waals surface area contributed by atoms with Crippen molar-refractivity contribution in [3.8, 4) is 11.1 Å². The van der Waals surface area contributed by atoms with E-state index in [1.165, 1.54) is 61.3 Å². The first-order chi connectivity index (χ1) is 23.1. The van der Waals surface area contributed by atoms with Crippen LogP contribution in [-0.2, 0) is 14.9 Å². The Kier molecular flexibility index (Phi) is 8.89. The van der Waals surface area contributed by atoms with Crippen LogP contribution in [0, 0.1) is 18.8 Å². The van der Waals surface area contributed by atoms with Gasteiger partial charge in [-0.15, -0.1) is 0 Å². The van der Waals surface area contributed by atoms with Gasteiger partial charge in [0.05, 0.1) is 24.9 Å². The molecule has 1 fully saturated rings. The lowest BCUT2D eigenvalue weighted by atomic mass is 9.80. The molecule has 0 N–H and O–H groups in total. The van der Waals surface area contributed by atoms with Gasteiger partial charge in [0.15, 0.2) is 0 Å². The number of benzene rings is 4. The predicted octanol–water partition coefficient (Wildman–Crippen LogP) is 11.2. The van der Waals surface area contributed by atoms with Crippen molar-refractivity contribution in [1.82, 2.24) is 0 Å². The molecule has 2 heterocycles. The number of fused-ring (bicyclic) bond motifs is 4. The van der Waals surface area contributed by atoms with Crippen molar-refractivity contribution in [3.63, 3.8) is 0 Å². The van der Waals surface area contributed by atoms with Gasteiger partial charge in [-0.25, -0.2) is 0 Å². The monoisotopic (exact) mass is 639 g/mol. The largest absolute Gasteiger partial charge is 0.375 e. The number of likely N-dealkylation sites (N-methyl/N-ethyl adjacent to an activating group) is 1. The zero-order chi connectivity index (χ0) is 33.7. The van der Waals surface area contributed by atoms with Gasteiger partial charge in [-0.05, 0) is 81.5 Å². The molecule has 250 valence electrons. The van der Waals surface area contributed by atoms with Crippen molar-refractivity contribution < 1.29 is 9.47 Å². The SMILES string of the molecule is CCC(C)C1CC(C(C)CC)O[C@H](c2ccc(C)cc2C2C=C(c3ccccc3)c3cc4c(cc3N2C)C(C)(C)c2ccccc2-4)CO1. The van der Waals surface area contributed by atoms with Crippen molar-refractivity contribution in [3.05, 3.63) is 130 Å². The van der Waals surface area contributed by atoms with Crippen LogP contribution >= 0.6 is 0 Å². The maximum atomic E-state index is 7.12. The summed E-state index contributed by atoms with van der Waals surface area (Å²) in [6, 6.07) is 31.9. The molecule has 48 heavy (non-hydrogen) atoms. The van der Waals surface area contributed by atoms with E-state index in [2.05, 4.69) is 151 Å². The minimum atomic E-state index is -0.120. The fourth-order valence-electron chi connectivity index (χ4n) is 8.43. The number of anilines is 1. The van der Waals surface area contributed by atoms with Gasteiger partial charge in [0, 0.05) is 30.1 Å². The molecule has 7 rings (SSSR count). The molecular weight excluding hydrogens is 587 g/mol. The Morgan fingerprint density at radius 2 is 1.48 bits per heavy atom. The molecule has 5 unspecified atom stereocenters. The molecule has 2 aliphatic heterocycles. The van der Waals surface area contributed by atoms with Crippen molar-refractivity contribution in [2.75, 3.05) is 18.6 Å². The Morgan fingerprint density at radius 3 is 2.23 bits per heavy atom. The summed E-state index contributed by atoms with van der Waals surface area (Å²) in [6.45, 7) is 16.8. The van der Waals surface area contributed by atoms with E-state index >= 15 is 0 Å². The van der Waals surface area contributed by atoms with Crippen LogP contribution in [0.1, 0.15) is 112 Å². The summed E-state index contributed by atoms with van der Waals surface area (Å²) in [4.78, 5) is 2.51. The maximum absolute atomic E-state index is 7.12. The number of rotatable bonds is 7. The molecule has 1 aliphatic carbocycles. The Hall–Kier alpha value is -3.66. The summed E-state index contributed by atoms with van der Waals surface area (Å²) in [5, 5.41) is 0. The van der Waals surface area contributed by atoms with E-state index in [9.17, 15) is 0 Å². The van der Waals surface area contributed by atoms with E-state index in [0.29, 0.717) is 18.4 Å². The highest BCUT2D eigenvalue weighted by Crippen LogP contribution is 2.54. The third kappa shape index (κ3) is 5.63. The Balaban J connectivity index is 1.37. The fraction of sp³-hybridized carbons (Fsp3) is 0.422. The van der Waals surface area contributed by atoms with Gasteiger partial charge in [0.25, 0.3) is 0 Å². The molecule has 0 spiro atoms. The number of aryl methyl sites for hydroxylation is 1. The van der Waals surface area contributed by atoms with Crippen LogP contribution in [0.15, 0.2) is 91.0 Å². The molecule has 4 aromatic rings. The van der Waals surface area contributed by atoms with Crippen molar-refractivity contribution in [1.29, 1.82) is 0 Å². The maximum Gasteiger partial charge on any atom is 0.107 e. The fourth-order valence-corrected chi connectivity index (χ4v) is 8.43. The highest BCUT2D eigenvalue weighted by Gasteiger charge is 2.39. The van der Waals surface area contributed by atoms with Crippen LogP contribution in [0.4, 0.5) is 5.69 Å². The minimum absolute atomic E-state index is 0.0341. The van der Waals surface area contributed by atoms with Gasteiger partial charge >= 0.3 is 0 Å². The second kappa shape index (κ2) is 13.0.